The lowest BCUT2D eigenvalue weighted by atomic mass is 9.89. The molecule has 4 rings (SSSR count). The fourth-order valence-corrected chi connectivity index (χ4v) is 5.50. The maximum absolute atomic E-state index is 13.1. The molecule has 0 unspecified atom stereocenters. The van der Waals surface area contributed by atoms with Crippen molar-refractivity contribution in [3.8, 4) is 5.75 Å². The molecule has 0 aromatic heterocycles. The second-order valence-electron chi connectivity index (χ2n) is 8.03. The number of hydrogen-bond donors (Lipinski definition) is 1. The van der Waals surface area contributed by atoms with Gasteiger partial charge in [-0.15, -0.1) is 0 Å². The second kappa shape index (κ2) is 8.43. The normalized spacial score (nSPS) is 17.5. The number of benzene rings is 2. The first-order valence-corrected chi connectivity index (χ1v) is 12.0. The number of carbonyl (C=O) groups is 2. The molecule has 8 heteroatoms. The van der Waals surface area contributed by atoms with E-state index in [0.29, 0.717) is 0 Å². The molecular weight excluding hydrogens is 416 g/mol. The number of nitrogens with one attached hydrogen (secondary N) is 1. The Morgan fingerprint density at radius 2 is 1.61 bits per heavy atom. The number of methoxy groups -OCH3 is 1. The quantitative estimate of drug-likeness (QED) is 0.693. The van der Waals surface area contributed by atoms with E-state index in [1.165, 1.54) is 42.9 Å². The molecule has 0 spiro atoms. The van der Waals surface area contributed by atoms with E-state index < -0.39 is 16.1 Å². The molecule has 2 aliphatic rings. The van der Waals surface area contributed by atoms with Crippen molar-refractivity contribution in [2.75, 3.05) is 12.0 Å². The number of aryl methyl sites for hydroxylation is 2. The zero-order valence-electron chi connectivity index (χ0n) is 17.7. The summed E-state index contributed by atoms with van der Waals surface area (Å²) in [7, 11) is -2.48. The number of ether oxygens (including phenoxy) is 1. The van der Waals surface area contributed by atoms with Crippen LogP contribution in [0.1, 0.15) is 55.3 Å². The minimum absolute atomic E-state index is 0.0272. The van der Waals surface area contributed by atoms with Crippen molar-refractivity contribution < 1.29 is 22.7 Å². The molecule has 0 radical (unpaired) electrons. The zero-order valence-corrected chi connectivity index (χ0v) is 18.5. The van der Waals surface area contributed by atoms with Gasteiger partial charge in [-0.05, 0) is 67.5 Å². The van der Waals surface area contributed by atoms with Crippen molar-refractivity contribution >= 4 is 27.5 Å². The van der Waals surface area contributed by atoms with Crippen LogP contribution in [0.15, 0.2) is 41.3 Å². The fourth-order valence-electron chi connectivity index (χ4n) is 4.25. The van der Waals surface area contributed by atoms with Crippen molar-refractivity contribution in [2.24, 2.45) is 0 Å². The van der Waals surface area contributed by atoms with E-state index in [1.54, 1.807) is 6.92 Å². The third kappa shape index (κ3) is 4.22. The minimum Gasteiger partial charge on any atom is -0.495 e. The Balaban J connectivity index is 1.62. The van der Waals surface area contributed by atoms with Gasteiger partial charge in [-0.25, -0.2) is 18.0 Å². The van der Waals surface area contributed by atoms with Crippen LogP contribution in [0.5, 0.6) is 5.75 Å². The lowest BCUT2D eigenvalue weighted by Gasteiger charge is -2.21. The molecule has 1 saturated heterocycles. The number of amides is 2. The fraction of sp³-hybridized carbons (Fsp3) is 0.391. The molecule has 1 fully saturated rings. The molecule has 7 nitrogen and oxygen atoms in total. The molecule has 2 amide bonds. The van der Waals surface area contributed by atoms with Crippen molar-refractivity contribution in [1.29, 1.82) is 0 Å². The van der Waals surface area contributed by atoms with Crippen molar-refractivity contribution in [3.63, 3.8) is 0 Å². The summed E-state index contributed by atoms with van der Waals surface area (Å²) in [5.41, 5.74) is 3.68. The third-order valence-corrected chi connectivity index (χ3v) is 7.50. The first kappa shape index (κ1) is 21.5. The molecule has 164 valence electrons. The van der Waals surface area contributed by atoms with Gasteiger partial charge in [-0.3, -0.25) is 9.59 Å². The van der Waals surface area contributed by atoms with Crippen molar-refractivity contribution in [1.82, 2.24) is 4.72 Å². The average Bonchev–Trinajstić information content (AvgIpc) is 3.10. The van der Waals surface area contributed by atoms with Gasteiger partial charge in [0.05, 0.1) is 17.7 Å². The topological polar surface area (TPSA) is 92.8 Å². The first-order valence-electron chi connectivity index (χ1n) is 10.5. The number of sulfonamides is 1. The molecule has 1 aliphatic carbocycles. The highest BCUT2D eigenvalue weighted by Gasteiger charge is 2.33. The Kier molecular flexibility index (Phi) is 5.85. The van der Waals surface area contributed by atoms with E-state index in [0.717, 1.165) is 29.7 Å². The Hall–Kier alpha value is -2.71. The summed E-state index contributed by atoms with van der Waals surface area (Å²) in [5.74, 6) is -0.466. The van der Waals surface area contributed by atoms with Gasteiger partial charge in [0.1, 0.15) is 5.75 Å². The molecule has 0 saturated carbocycles. The number of rotatable bonds is 6. The summed E-state index contributed by atoms with van der Waals surface area (Å²) in [5, 5.41) is 0. The maximum atomic E-state index is 13.1. The molecular formula is C23H26N2O5S. The van der Waals surface area contributed by atoms with Crippen LogP contribution in [0.4, 0.5) is 5.69 Å². The molecule has 0 bridgehead atoms. The van der Waals surface area contributed by atoms with Crippen LogP contribution < -0.4 is 14.4 Å². The summed E-state index contributed by atoms with van der Waals surface area (Å²) < 4.78 is 34.2. The molecule has 1 N–H and O–H groups in total. The van der Waals surface area contributed by atoms with E-state index in [2.05, 4.69) is 16.9 Å². The SMILES string of the molecule is COc1ccc(S(=O)(=O)N[C@H](C)c2ccc3c(c2)CCCC3)cc1N1C(=O)CCC1=O. The number of carbonyl (C=O) groups excluding carboxylic acids is 2. The smallest absolute Gasteiger partial charge is 0.241 e. The van der Waals surface area contributed by atoms with Gasteiger partial charge in [-0.1, -0.05) is 18.2 Å². The third-order valence-electron chi connectivity index (χ3n) is 5.96. The summed E-state index contributed by atoms with van der Waals surface area (Å²) >= 11 is 0. The Morgan fingerprint density at radius 3 is 2.29 bits per heavy atom. The zero-order chi connectivity index (χ0) is 22.2. The largest absolute Gasteiger partial charge is 0.495 e. The van der Waals surface area contributed by atoms with Crippen LogP contribution in [0.2, 0.25) is 0 Å². The number of imide groups is 1. The van der Waals surface area contributed by atoms with Gasteiger partial charge < -0.3 is 4.74 Å². The van der Waals surface area contributed by atoms with Crippen LogP contribution >= 0.6 is 0 Å². The maximum Gasteiger partial charge on any atom is 0.241 e. The summed E-state index contributed by atoms with van der Waals surface area (Å²) in [6, 6.07) is 9.91. The predicted molar refractivity (Wildman–Crippen MR) is 117 cm³/mol. The van der Waals surface area contributed by atoms with E-state index in [-0.39, 0.29) is 41.0 Å². The van der Waals surface area contributed by atoms with Gasteiger partial charge in [0.2, 0.25) is 21.8 Å². The first-order chi connectivity index (χ1) is 14.8. The van der Waals surface area contributed by atoms with Crippen LogP contribution in [0.3, 0.4) is 0 Å². The van der Waals surface area contributed by atoms with E-state index in [9.17, 15) is 18.0 Å². The Labute approximate surface area is 182 Å². The Bertz CT molecular complexity index is 1130. The van der Waals surface area contributed by atoms with Crippen molar-refractivity contribution in [2.45, 2.75) is 56.4 Å². The van der Waals surface area contributed by atoms with Crippen molar-refractivity contribution in [3.05, 3.63) is 53.1 Å². The lowest BCUT2D eigenvalue weighted by molar-refractivity contribution is -0.121. The lowest BCUT2D eigenvalue weighted by Crippen LogP contribution is -2.30. The van der Waals surface area contributed by atoms with Crippen LogP contribution in [0.25, 0.3) is 0 Å². The van der Waals surface area contributed by atoms with Gasteiger partial charge in [0.25, 0.3) is 0 Å². The van der Waals surface area contributed by atoms with Crippen LogP contribution in [-0.2, 0) is 32.5 Å². The standard InChI is InChI=1S/C23H26N2O5S/c1-15(17-8-7-16-5-3-4-6-18(16)13-17)24-31(28,29)19-9-10-21(30-2)20(14-19)25-22(26)11-12-23(25)27/h7-10,13-15,24H,3-6,11-12H2,1-2H3/t15-/m1/s1. The van der Waals surface area contributed by atoms with Crippen LogP contribution in [0, 0.1) is 0 Å². The average molecular weight is 443 g/mol. The minimum atomic E-state index is -3.90. The highest BCUT2D eigenvalue weighted by atomic mass is 32.2. The monoisotopic (exact) mass is 442 g/mol. The van der Waals surface area contributed by atoms with E-state index in [4.69, 9.17) is 4.74 Å². The number of anilines is 1. The molecule has 1 atom stereocenters. The molecule has 1 aliphatic heterocycles. The number of hydrogen-bond acceptors (Lipinski definition) is 5. The molecule has 2 aromatic carbocycles. The second-order valence-corrected chi connectivity index (χ2v) is 9.75. The molecule has 31 heavy (non-hydrogen) atoms. The van der Waals surface area contributed by atoms with Crippen LogP contribution in [-0.4, -0.2) is 27.3 Å². The van der Waals surface area contributed by atoms with Gasteiger partial charge in [-0.2, -0.15) is 0 Å². The summed E-state index contributed by atoms with van der Waals surface area (Å²) in [6.45, 7) is 1.81. The number of fused-ring (bicyclic) bond motifs is 1. The van der Waals surface area contributed by atoms with Gasteiger partial charge >= 0.3 is 0 Å². The summed E-state index contributed by atoms with van der Waals surface area (Å²) in [4.78, 5) is 25.3. The van der Waals surface area contributed by atoms with E-state index >= 15 is 0 Å². The summed E-state index contributed by atoms with van der Waals surface area (Å²) in [6.07, 6.45) is 4.63. The highest BCUT2D eigenvalue weighted by molar-refractivity contribution is 7.89. The highest BCUT2D eigenvalue weighted by Crippen LogP contribution is 2.34. The molecule has 1 heterocycles. The number of nitrogens with zero attached hydrogens (tertiary/aromatic N) is 1. The molecule has 2 aromatic rings. The Morgan fingerprint density at radius 1 is 0.935 bits per heavy atom. The van der Waals surface area contributed by atoms with Gasteiger partial charge in [0.15, 0.2) is 0 Å². The van der Waals surface area contributed by atoms with Gasteiger partial charge in [0, 0.05) is 18.9 Å². The van der Waals surface area contributed by atoms with E-state index in [1.807, 2.05) is 6.07 Å². The predicted octanol–water partition coefficient (Wildman–Crippen LogP) is 3.27.